The summed E-state index contributed by atoms with van der Waals surface area (Å²) in [6, 6.07) is 12.8. The number of ether oxygens (including phenoxy) is 1. The standard InChI is InChI=1S/C20H19ClO3/c1-3-4-11-23-20-18(22)16-10-5-13(2)12-17(16)24-19(20)14-6-8-15(21)9-7-14/h5-10,12H,3-4,11H2,1-2H3. The van der Waals surface area contributed by atoms with Crippen LogP contribution in [0.15, 0.2) is 51.7 Å². The molecule has 3 rings (SSSR count). The Kier molecular flexibility index (Phi) is 4.91. The highest BCUT2D eigenvalue weighted by atomic mass is 35.5. The van der Waals surface area contributed by atoms with Crippen molar-refractivity contribution < 1.29 is 9.15 Å². The lowest BCUT2D eigenvalue weighted by Gasteiger charge is -2.12. The van der Waals surface area contributed by atoms with E-state index < -0.39 is 0 Å². The highest BCUT2D eigenvalue weighted by Crippen LogP contribution is 2.32. The van der Waals surface area contributed by atoms with Gasteiger partial charge in [0.1, 0.15) is 5.58 Å². The van der Waals surface area contributed by atoms with Crippen LogP contribution in [0.4, 0.5) is 0 Å². The Morgan fingerprint density at radius 1 is 1.12 bits per heavy atom. The van der Waals surface area contributed by atoms with Gasteiger partial charge in [0.05, 0.1) is 12.0 Å². The van der Waals surface area contributed by atoms with Gasteiger partial charge in [-0.1, -0.05) is 31.0 Å². The second kappa shape index (κ2) is 7.10. The van der Waals surface area contributed by atoms with Gasteiger partial charge < -0.3 is 9.15 Å². The van der Waals surface area contributed by atoms with Crippen molar-refractivity contribution in [1.82, 2.24) is 0 Å². The molecule has 3 aromatic rings. The molecule has 0 radical (unpaired) electrons. The zero-order valence-electron chi connectivity index (χ0n) is 13.8. The topological polar surface area (TPSA) is 39.4 Å². The molecule has 0 aliphatic heterocycles. The first-order chi connectivity index (χ1) is 11.6. The lowest BCUT2D eigenvalue weighted by Crippen LogP contribution is -2.11. The minimum absolute atomic E-state index is 0.141. The molecule has 1 aromatic heterocycles. The van der Waals surface area contributed by atoms with Crippen molar-refractivity contribution >= 4 is 22.6 Å². The van der Waals surface area contributed by atoms with E-state index in [0.29, 0.717) is 28.4 Å². The van der Waals surface area contributed by atoms with Gasteiger partial charge in [-0.25, -0.2) is 0 Å². The van der Waals surface area contributed by atoms with Gasteiger partial charge in [-0.05, 0) is 55.3 Å². The summed E-state index contributed by atoms with van der Waals surface area (Å²) < 4.78 is 11.8. The second-order valence-corrected chi connectivity index (χ2v) is 6.23. The van der Waals surface area contributed by atoms with Gasteiger partial charge in [0.2, 0.25) is 11.2 Å². The second-order valence-electron chi connectivity index (χ2n) is 5.80. The number of fused-ring (bicyclic) bond motifs is 1. The van der Waals surface area contributed by atoms with E-state index in [0.717, 1.165) is 24.0 Å². The van der Waals surface area contributed by atoms with Crippen molar-refractivity contribution in [3.63, 3.8) is 0 Å². The molecule has 0 unspecified atom stereocenters. The van der Waals surface area contributed by atoms with E-state index in [1.807, 2.05) is 31.2 Å². The lowest BCUT2D eigenvalue weighted by atomic mass is 10.1. The summed E-state index contributed by atoms with van der Waals surface area (Å²) in [7, 11) is 0. The highest BCUT2D eigenvalue weighted by Gasteiger charge is 2.17. The lowest BCUT2D eigenvalue weighted by molar-refractivity contribution is 0.301. The third kappa shape index (κ3) is 3.31. The van der Waals surface area contributed by atoms with Gasteiger partial charge in [-0.3, -0.25) is 4.79 Å². The van der Waals surface area contributed by atoms with Crippen molar-refractivity contribution in [3.8, 4) is 17.1 Å². The van der Waals surface area contributed by atoms with Crippen LogP contribution in [0, 0.1) is 6.92 Å². The fourth-order valence-corrected chi connectivity index (χ4v) is 2.65. The monoisotopic (exact) mass is 342 g/mol. The molecular weight excluding hydrogens is 324 g/mol. The van der Waals surface area contributed by atoms with E-state index in [4.69, 9.17) is 20.8 Å². The minimum Gasteiger partial charge on any atom is -0.486 e. The Hall–Kier alpha value is -2.26. The molecule has 124 valence electrons. The first-order valence-corrected chi connectivity index (χ1v) is 8.44. The molecule has 0 atom stereocenters. The zero-order chi connectivity index (χ0) is 17.1. The van der Waals surface area contributed by atoms with Crippen LogP contribution in [0.3, 0.4) is 0 Å². The largest absolute Gasteiger partial charge is 0.486 e. The van der Waals surface area contributed by atoms with Crippen LogP contribution >= 0.6 is 11.6 Å². The Morgan fingerprint density at radius 2 is 1.88 bits per heavy atom. The van der Waals surface area contributed by atoms with Crippen molar-refractivity contribution in [2.24, 2.45) is 0 Å². The smallest absolute Gasteiger partial charge is 0.235 e. The summed E-state index contributed by atoms with van der Waals surface area (Å²) in [4.78, 5) is 12.9. The molecule has 2 aromatic carbocycles. The van der Waals surface area contributed by atoms with E-state index >= 15 is 0 Å². The Balaban J connectivity index is 2.21. The van der Waals surface area contributed by atoms with Crippen molar-refractivity contribution in [3.05, 3.63) is 63.3 Å². The summed E-state index contributed by atoms with van der Waals surface area (Å²) in [6.07, 6.45) is 1.87. The molecule has 1 heterocycles. The molecule has 0 amide bonds. The van der Waals surface area contributed by atoms with Crippen LogP contribution in [-0.2, 0) is 0 Å². The van der Waals surface area contributed by atoms with Crippen LogP contribution in [0.2, 0.25) is 5.02 Å². The average molecular weight is 343 g/mol. The number of aryl methyl sites for hydroxylation is 1. The third-order valence-corrected chi connectivity index (χ3v) is 4.11. The fourth-order valence-electron chi connectivity index (χ4n) is 2.52. The first-order valence-electron chi connectivity index (χ1n) is 8.06. The SMILES string of the molecule is CCCCOc1c(-c2ccc(Cl)cc2)oc2cc(C)ccc2c1=O. The molecule has 0 aliphatic rings. The van der Waals surface area contributed by atoms with Crippen molar-refractivity contribution in [2.45, 2.75) is 26.7 Å². The fraction of sp³-hybridized carbons (Fsp3) is 0.250. The average Bonchev–Trinajstić information content (AvgIpc) is 2.57. The normalized spacial score (nSPS) is 11.0. The van der Waals surface area contributed by atoms with E-state index in [2.05, 4.69) is 6.92 Å². The molecule has 4 heteroatoms. The van der Waals surface area contributed by atoms with Gasteiger partial charge in [-0.15, -0.1) is 0 Å². The van der Waals surface area contributed by atoms with Gasteiger partial charge in [0, 0.05) is 10.6 Å². The van der Waals surface area contributed by atoms with Gasteiger partial charge in [-0.2, -0.15) is 0 Å². The maximum absolute atomic E-state index is 12.9. The first kappa shape index (κ1) is 16.6. The van der Waals surface area contributed by atoms with Crippen LogP contribution in [-0.4, -0.2) is 6.61 Å². The van der Waals surface area contributed by atoms with E-state index in [1.165, 1.54) is 0 Å². The Bertz CT molecular complexity index is 911. The van der Waals surface area contributed by atoms with Crippen molar-refractivity contribution in [2.75, 3.05) is 6.61 Å². The summed E-state index contributed by atoms with van der Waals surface area (Å²) in [5.74, 6) is 0.716. The van der Waals surface area contributed by atoms with E-state index in [9.17, 15) is 4.79 Å². The van der Waals surface area contributed by atoms with E-state index in [1.54, 1.807) is 18.2 Å². The molecule has 0 spiro atoms. The summed E-state index contributed by atoms with van der Waals surface area (Å²) >= 11 is 5.96. The number of halogens is 1. The summed E-state index contributed by atoms with van der Waals surface area (Å²) in [6.45, 7) is 4.53. The maximum atomic E-state index is 12.9. The summed E-state index contributed by atoms with van der Waals surface area (Å²) in [5, 5.41) is 1.16. The molecule has 24 heavy (non-hydrogen) atoms. The number of hydrogen-bond donors (Lipinski definition) is 0. The summed E-state index contributed by atoms with van der Waals surface area (Å²) in [5.41, 5.74) is 2.23. The Morgan fingerprint density at radius 3 is 2.58 bits per heavy atom. The highest BCUT2D eigenvalue weighted by molar-refractivity contribution is 6.30. The molecule has 0 saturated carbocycles. The predicted octanol–water partition coefficient (Wildman–Crippen LogP) is 5.60. The van der Waals surface area contributed by atoms with Gasteiger partial charge in [0.15, 0.2) is 5.76 Å². The molecule has 0 saturated heterocycles. The van der Waals surface area contributed by atoms with Crippen molar-refractivity contribution in [1.29, 1.82) is 0 Å². The minimum atomic E-state index is -0.141. The molecular formula is C20H19ClO3. The number of unbranched alkanes of at least 4 members (excludes halogenated alkanes) is 1. The third-order valence-electron chi connectivity index (χ3n) is 3.86. The molecule has 0 bridgehead atoms. The number of hydrogen-bond acceptors (Lipinski definition) is 3. The molecule has 0 aliphatic carbocycles. The zero-order valence-corrected chi connectivity index (χ0v) is 14.5. The molecule has 3 nitrogen and oxygen atoms in total. The molecule has 0 N–H and O–H groups in total. The van der Waals surface area contributed by atoms with Crippen LogP contribution in [0.5, 0.6) is 5.75 Å². The van der Waals surface area contributed by atoms with Crippen LogP contribution in [0.1, 0.15) is 25.3 Å². The van der Waals surface area contributed by atoms with Crippen LogP contribution < -0.4 is 10.2 Å². The maximum Gasteiger partial charge on any atom is 0.235 e. The quantitative estimate of drug-likeness (QED) is 0.566. The number of rotatable bonds is 5. The number of benzene rings is 2. The van der Waals surface area contributed by atoms with Gasteiger partial charge in [0.25, 0.3) is 0 Å². The Labute approximate surface area is 145 Å². The van der Waals surface area contributed by atoms with Crippen LogP contribution in [0.25, 0.3) is 22.3 Å². The molecule has 0 fully saturated rings. The van der Waals surface area contributed by atoms with E-state index in [-0.39, 0.29) is 11.2 Å². The predicted molar refractivity (Wildman–Crippen MR) is 98.1 cm³/mol. The van der Waals surface area contributed by atoms with Gasteiger partial charge >= 0.3 is 0 Å².